The molecule has 2 atom stereocenters. The molecule has 19 heavy (non-hydrogen) atoms. The summed E-state index contributed by atoms with van der Waals surface area (Å²) in [5, 5.41) is 9.68. The van der Waals surface area contributed by atoms with Crippen molar-refractivity contribution in [1.29, 1.82) is 0 Å². The van der Waals surface area contributed by atoms with Gasteiger partial charge in [0.05, 0.1) is 12.6 Å². The van der Waals surface area contributed by atoms with Gasteiger partial charge in [-0.25, -0.2) is 0 Å². The number of hydrogen-bond acceptors (Lipinski definition) is 3. The van der Waals surface area contributed by atoms with Crippen molar-refractivity contribution < 1.29 is 5.11 Å². The fourth-order valence-electron chi connectivity index (χ4n) is 3.00. The molecular weight excluding hydrogens is 236 g/mol. The van der Waals surface area contributed by atoms with Gasteiger partial charge in [0, 0.05) is 25.3 Å². The van der Waals surface area contributed by atoms with Crippen molar-refractivity contribution in [2.45, 2.75) is 26.3 Å². The molecule has 0 saturated carbocycles. The Kier molecular flexibility index (Phi) is 4.83. The van der Waals surface area contributed by atoms with Gasteiger partial charge in [0.1, 0.15) is 0 Å². The first kappa shape index (κ1) is 14.4. The van der Waals surface area contributed by atoms with Gasteiger partial charge in [-0.3, -0.25) is 0 Å². The van der Waals surface area contributed by atoms with Crippen molar-refractivity contribution >= 4 is 5.69 Å². The lowest BCUT2D eigenvalue weighted by molar-refractivity contribution is 0.226. The molecule has 0 aliphatic carbocycles. The van der Waals surface area contributed by atoms with Gasteiger partial charge in [0.2, 0.25) is 0 Å². The van der Waals surface area contributed by atoms with Gasteiger partial charge in [-0.2, -0.15) is 0 Å². The summed E-state index contributed by atoms with van der Waals surface area (Å²) in [6, 6.07) is 8.98. The molecule has 2 unspecified atom stereocenters. The Bertz CT molecular complexity index is 390. The van der Waals surface area contributed by atoms with E-state index >= 15 is 0 Å². The van der Waals surface area contributed by atoms with Crippen LogP contribution in [0.2, 0.25) is 0 Å². The summed E-state index contributed by atoms with van der Waals surface area (Å²) in [5.41, 5.74) is 2.60. The van der Waals surface area contributed by atoms with E-state index in [0.717, 1.165) is 26.1 Å². The number of anilines is 1. The first-order valence-electron chi connectivity index (χ1n) is 7.29. The van der Waals surface area contributed by atoms with E-state index in [1.54, 1.807) is 0 Å². The lowest BCUT2D eigenvalue weighted by atomic mass is 10.1. The highest BCUT2D eigenvalue weighted by Gasteiger charge is 2.26. The zero-order valence-corrected chi connectivity index (χ0v) is 12.3. The van der Waals surface area contributed by atoms with Crippen LogP contribution < -0.4 is 4.90 Å². The van der Waals surface area contributed by atoms with Gasteiger partial charge >= 0.3 is 0 Å². The number of rotatable bonds is 3. The van der Waals surface area contributed by atoms with Gasteiger partial charge in [0.15, 0.2) is 0 Å². The highest BCUT2D eigenvalue weighted by Crippen LogP contribution is 2.22. The SMILES string of the molecule is CCc1ccc(N2CC(C)CN(C)CC2CO)cc1. The number of hydrogen-bond donors (Lipinski definition) is 1. The second kappa shape index (κ2) is 6.40. The maximum absolute atomic E-state index is 9.68. The van der Waals surface area contributed by atoms with Crippen molar-refractivity contribution in [3.05, 3.63) is 29.8 Å². The summed E-state index contributed by atoms with van der Waals surface area (Å²) in [5.74, 6) is 0.618. The zero-order valence-electron chi connectivity index (χ0n) is 12.3. The topological polar surface area (TPSA) is 26.7 Å². The average molecular weight is 262 g/mol. The molecule has 0 amide bonds. The van der Waals surface area contributed by atoms with Crippen LogP contribution >= 0.6 is 0 Å². The van der Waals surface area contributed by atoms with E-state index < -0.39 is 0 Å². The lowest BCUT2D eigenvalue weighted by Gasteiger charge is -2.32. The Labute approximate surface area is 116 Å². The monoisotopic (exact) mass is 262 g/mol. The van der Waals surface area contributed by atoms with Crippen molar-refractivity contribution in [3.63, 3.8) is 0 Å². The summed E-state index contributed by atoms with van der Waals surface area (Å²) in [6.45, 7) is 7.71. The van der Waals surface area contributed by atoms with Gasteiger partial charge in [0.25, 0.3) is 0 Å². The van der Waals surface area contributed by atoms with Crippen LogP contribution in [0.15, 0.2) is 24.3 Å². The third-order valence-corrected chi connectivity index (χ3v) is 3.98. The highest BCUT2D eigenvalue weighted by atomic mass is 16.3. The predicted molar refractivity (Wildman–Crippen MR) is 80.7 cm³/mol. The van der Waals surface area contributed by atoms with E-state index in [1.165, 1.54) is 11.3 Å². The van der Waals surface area contributed by atoms with Crippen molar-refractivity contribution in [2.75, 3.05) is 38.2 Å². The first-order valence-corrected chi connectivity index (χ1v) is 7.29. The Morgan fingerprint density at radius 3 is 2.42 bits per heavy atom. The summed E-state index contributed by atoms with van der Waals surface area (Å²) in [4.78, 5) is 4.69. The fourth-order valence-corrected chi connectivity index (χ4v) is 3.00. The summed E-state index contributed by atoms with van der Waals surface area (Å²) in [6.07, 6.45) is 1.07. The molecule has 1 heterocycles. The van der Waals surface area contributed by atoms with Gasteiger partial charge in [-0.15, -0.1) is 0 Å². The Morgan fingerprint density at radius 2 is 1.84 bits per heavy atom. The predicted octanol–water partition coefficient (Wildman–Crippen LogP) is 2.00. The van der Waals surface area contributed by atoms with Crippen LogP contribution in [0.4, 0.5) is 5.69 Å². The fraction of sp³-hybridized carbons (Fsp3) is 0.625. The maximum Gasteiger partial charge on any atom is 0.0647 e. The molecule has 0 bridgehead atoms. The van der Waals surface area contributed by atoms with E-state index in [2.05, 4.69) is 55.0 Å². The van der Waals surface area contributed by atoms with E-state index in [0.29, 0.717) is 5.92 Å². The molecule has 106 valence electrons. The molecule has 1 fully saturated rings. The third kappa shape index (κ3) is 3.48. The number of aliphatic hydroxyl groups excluding tert-OH is 1. The summed E-state index contributed by atoms with van der Waals surface area (Å²) in [7, 11) is 2.14. The summed E-state index contributed by atoms with van der Waals surface area (Å²) >= 11 is 0. The largest absolute Gasteiger partial charge is 0.394 e. The molecule has 3 heteroatoms. The van der Waals surface area contributed by atoms with Gasteiger partial charge in [-0.1, -0.05) is 26.0 Å². The second-order valence-electron chi connectivity index (χ2n) is 5.84. The molecular formula is C16H26N2O. The Balaban J connectivity index is 2.22. The Hall–Kier alpha value is -1.06. The molecule has 0 radical (unpaired) electrons. The number of aryl methyl sites for hydroxylation is 1. The smallest absolute Gasteiger partial charge is 0.0647 e. The number of likely N-dealkylation sites (N-methyl/N-ethyl adjacent to an activating group) is 1. The second-order valence-corrected chi connectivity index (χ2v) is 5.84. The number of nitrogens with zero attached hydrogens (tertiary/aromatic N) is 2. The number of aliphatic hydroxyl groups is 1. The Morgan fingerprint density at radius 1 is 1.16 bits per heavy atom. The molecule has 1 aromatic rings. The highest BCUT2D eigenvalue weighted by molar-refractivity contribution is 5.49. The molecule has 2 rings (SSSR count). The minimum atomic E-state index is 0.197. The van der Waals surface area contributed by atoms with Crippen LogP contribution in [-0.2, 0) is 6.42 Å². The molecule has 3 nitrogen and oxygen atoms in total. The summed E-state index contributed by atoms with van der Waals surface area (Å²) < 4.78 is 0. The van der Waals surface area contributed by atoms with Gasteiger partial charge < -0.3 is 14.9 Å². The third-order valence-electron chi connectivity index (χ3n) is 3.98. The van der Waals surface area contributed by atoms with E-state index in [9.17, 15) is 5.11 Å². The van der Waals surface area contributed by atoms with Crippen LogP contribution in [0.25, 0.3) is 0 Å². The van der Waals surface area contributed by atoms with Crippen LogP contribution in [-0.4, -0.2) is 49.3 Å². The minimum Gasteiger partial charge on any atom is -0.394 e. The molecule has 0 spiro atoms. The molecule has 1 saturated heterocycles. The van der Waals surface area contributed by atoms with Crippen LogP contribution in [0.5, 0.6) is 0 Å². The quantitative estimate of drug-likeness (QED) is 0.902. The standard InChI is InChI=1S/C16H26N2O/c1-4-14-5-7-15(8-6-14)18-10-13(2)9-17(3)11-16(18)12-19/h5-8,13,16,19H,4,9-12H2,1-3H3. The lowest BCUT2D eigenvalue weighted by Crippen LogP contribution is -2.43. The van der Waals surface area contributed by atoms with E-state index in [-0.39, 0.29) is 12.6 Å². The number of benzene rings is 1. The minimum absolute atomic E-state index is 0.197. The van der Waals surface area contributed by atoms with E-state index in [1.807, 2.05) is 0 Å². The van der Waals surface area contributed by atoms with Crippen molar-refractivity contribution in [3.8, 4) is 0 Å². The molecule has 1 aliphatic rings. The normalized spacial score (nSPS) is 25.4. The van der Waals surface area contributed by atoms with Crippen molar-refractivity contribution in [1.82, 2.24) is 4.90 Å². The molecule has 1 N–H and O–H groups in total. The van der Waals surface area contributed by atoms with Crippen molar-refractivity contribution in [2.24, 2.45) is 5.92 Å². The molecule has 1 aliphatic heterocycles. The van der Waals surface area contributed by atoms with Crippen LogP contribution in [0.3, 0.4) is 0 Å². The molecule has 1 aromatic carbocycles. The molecule has 0 aromatic heterocycles. The maximum atomic E-state index is 9.68. The van der Waals surface area contributed by atoms with E-state index in [4.69, 9.17) is 0 Å². The van der Waals surface area contributed by atoms with Crippen LogP contribution in [0, 0.1) is 5.92 Å². The first-order chi connectivity index (χ1) is 9.13. The average Bonchev–Trinajstić information content (AvgIpc) is 2.56. The van der Waals surface area contributed by atoms with Gasteiger partial charge in [-0.05, 0) is 37.1 Å². The van der Waals surface area contributed by atoms with Crippen LogP contribution in [0.1, 0.15) is 19.4 Å². The zero-order chi connectivity index (χ0) is 13.8.